The number of hydroxylamine groups is 1. The minimum Gasteiger partial charge on any atom is -0.335 e. The lowest BCUT2D eigenvalue weighted by atomic mass is 9.86. The lowest BCUT2D eigenvalue weighted by Crippen LogP contribution is -2.59. The van der Waals surface area contributed by atoms with Crippen molar-refractivity contribution in [2.24, 2.45) is 5.92 Å². The average molecular weight is 538 g/mol. The van der Waals surface area contributed by atoms with E-state index in [0.29, 0.717) is 11.1 Å². The number of carbonyl (C=O) groups is 1. The molecule has 0 aromatic heterocycles. The van der Waals surface area contributed by atoms with Crippen molar-refractivity contribution < 1.29 is 27.2 Å². The Bertz CT molecular complexity index is 1140. The van der Waals surface area contributed by atoms with Crippen LogP contribution in [0.25, 0.3) is 5.70 Å². The van der Waals surface area contributed by atoms with Gasteiger partial charge < -0.3 is 4.90 Å². The van der Waals surface area contributed by atoms with Gasteiger partial charge in [-0.15, -0.1) is 0 Å². The van der Waals surface area contributed by atoms with E-state index in [2.05, 4.69) is 5.48 Å². The van der Waals surface area contributed by atoms with Gasteiger partial charge in [-0.25, -0.2) is 4.39 Å². The fraction of sp³-hybridized carbons (Fsp3) is 0.348. The highest BCUT2D eigenvalue weighted by atomic mass is 35.5. The van der Waals surface area contributed by atoms with E-state index in [1.54, 1.807) is 13.8 Å². The van der Waals surface area contributed by atoms with Crippen molar-refractivity contribution in [2.75, 3.05) is 13.1 Å². The zero-order valence-electron chi connectivity index (χ0n) is 17.9. The summed E-state index contributed by atoms with van der Waals surface area (Å²) in [4.78, 5) is 18.5. The SMILES string of the molecule is CC(C)C(=O)N1CC(F)(c2ccc(C3=CC(c4cc(Cl)c(Cl)c(Cl)c4)(C(F)(F)F)ON3)cc2)C1. The number of benzene rings is 2. The quantitative estimate of drug-likeness (QED) is 0.351. The molecule has 1 atom stereocenters. The zero-order chi connectivity index (χ0) is 25.1. The molecule has 0 bridgehead atoms. The molecule has 1 N–H and O–H groups in total. The molecule has 0 aliphatic carbocycles. The summed E-state index contributed by atoms with van der Waals surface area (Å²) >= 11 is 17.8. The van der Waals surface area contributed by atoms with Crippen molar-refractivity contribution in [3.05, 3.63) is 74.2 Å². The molecule has 2 aliphatic rings. The van der Waals surface area contributed by atoms with Crippen LogP contribution in [0.15, 0.2) is 42.5 Å². The maximum absolute atomic E-state index is 15.2. The van der Waals surface area contributed by atoms with Gasteiger partial charge in [0.2, 0.25) is 11.5 Å². The molecule has 34 heavy (non-hydrogen) atoms. The van der Waals surface area contributed by atoms with Crippen LogP contribution in [-0.4, -0.2) is 30.1 Å². The summed E-state index contributed by atoms with van der Waals surface area (Å²) in [7, 11) is 0. The van der Waals surface area contributed by atoms with Crippen LogP contribution >= 0.6 is 34.8 Å². The first kappa shape index (κ1) is 25.1. The first-order valence-corrected chi connectivity index (χ1v) is 11.4. The molecule has 0 spiro atoms. The molecule has 1 fully saturated rings. The highest BCUT2D eigenvalue weighted by Gasteiger charge is 2.60. The van der Waals surface area contributed by atoms with Crippen LogP contribution in [-0.2, 0) is 20.9 Å². The third-order valence-electron chi connectivity index (χ3n) is 5.91. The van der Waals surface area contributed by atoms with Crippen LogP contribution in [0, 0.1) is 5.92 Å². The standard InChI is InChI=1S/C23H19Cl3F4N2O2/c1-12(2)20(33)32-10-21(27,11-32)14-5-3-13(4-6-14)18-9-22(34-31-18,23(28,29)30)15-7-16(24)19(26)17(25)8-15/h3-9,12,31H,10-11H2,1-2H3. The molecule has 2 aromatic carbocycles. The number of nitrogens with one attached hydrogen (secondary N) is 1. The minimum absolute atomic E-state index is 0.0317. The molecule has 11 heteroatoms. The molecule has 4 rings (SSSR count). The van der Waals surface area contributed by atoms with Gasteiger partial charge in [-0.1, -0.05) is 72.9 Å². The van der Waals surface area contributed by atoms with E-state index in [9.17, 15) is 18.0 Å². The van der Waals surface area contributed by atoms with Gasteiger partial charge in [0.05, 0.1) is 33.9 Å². The second-order valence-electron chi connectivity index (χ2n) is 8.64. The first-order chi connectivity index (χ1) is 15.8. The van der Waals surface area contributed by atoms with E-state index < -0.39 is 17.4 Å². The number of halogens is 7. The van der Waals surface area contributed by atoms with E-state index in [-0.39, 0.29) is 51.2 Å². The number of amides is 1. The van der Waals surface area contributed by atoms with Gasteiger partial charge >= 0.3 is 6.18 Å². The van der Waals surface area contributed by atoms with Gasteiger partial charge in [0.25, 0.3) is 0 Å². The number of likely N-dealkylation sites (tertiary alicyclic amines) is 1. The molecule has 2 aliphatic heterocycles. The van der Waals surface area contributed by atoms with Crippen molar-refractivity contribution in [3.8, 4) is 0 Å². The van der Waals surface area contributed by atoms with Gasteiger partial charge in [0.15, 0.2) is 5.67 Å². The Balaban J connectivity index is 1.62. The lowest BCUT2D eigenvalue weighted by Gasteiger charge is -2.45. The normalized spacial score (nSPS) is 21.8. The van der Waals surface area contributed by atoms with Gasteiger partial charge in [-0.2, -0.15) is 13.2 Å². The smallest absolute Gasteiger partial charge is 0.335 e. The second kappa shape index (κ2) is 8.59. The van der Waals surface area contributed by atoms with Gasteiger partial charge in [0, 0.05) is 11.5 Å². The molecule has 2 heterocycles. The number of alkyl halides is 4. The van der Waals surface area contributed by atoms with Crippen LogP contribution in [0.2, 0.25) is 15.1 Å². The first-order valence-electron chi connectivity index (χ1n) is 10.2. The Morgan fingerprint density at radius 3 is 2.12 bits per heavy atom. The molecule has 1 unspecified atom stereocenters. The Hall–Kier alpha value is -2.00. The Kier molecular flexibility index (Phi) is 6.34. The zero-order valence-corrected chi connectivity index (χ0v) is 20.2. The Morgan fingerprint density at radius 1 is 1.06 bits per heavy atom. The van der Waals surface area contributed by atoms with Crippen molar-refractivity contribution in [2.45, 2.75) is 31.3 Å². The highest BCUT2D eigenvalue weighted by Crippen LogP contribution is 2.49. The van der Waals surface area contributed by atoms with Gasteiger partial charge in [-0.3, -0.25) is 15.1 Å². The maximum Gasteiger partial charge on any atom is 0.428 e. The van der Waals surface area contributed by atoms with E-state index in [1.165, 1.54) is 29.2 Å². The largest absolute Gasteiger partial charge is 0.428 e. The summed E-state index contributed by atoms with van der Waals surface area (Å²) in [6, 6.07) is 8.03. The number of carbonyl (C=O) groups excluding carboxylic acids is 1. The molecule has 0 radical (unpaired) electrons. The third kappa shape index (κ3) is 4.15. The number of hydrogen-bond donors (Lipinski definition) is 1. The number of hydrogen-bond acceptors (Lipinski definition) is 3. The number of rotatable bonds is 4. The molecule has 182 valence electrons. The minimum atomic E-state index is -4.87. The predicted molar refractivity (Wildman–Crippen MR) is 122 cm³/mol. The Labute approximate surface area is 208 Å². The second-order valence-corrected chi connectivity index (χ2v) is 9.83. The van der Waals surface area contributed by atoms with Crippen LogP contribution < -0.4 is 5.48 Å². The van der Waals surface area contributed by atoms with Crippen molar-refractivity contribution >= 4 is 46.4 Å². The summed E-state index contributed by atoms with van der Waals surface area (Å²) in [6.07, 6.45) is -4.00. The van der Waals surface area contributed by atoms with E-state index in [0.717, 1.165) is 18.2 Å². The molecule has 0 saturated carbocycles. The molecule has 4 nitrogen and oxygen atoms in total. The molecular formula is C23H19Cl3F4N2O2. The molecule has 2 aromatic rings. The molecular weight excluding hydrogens is 519 g/mol. The monoisotopic (exact) mass is 536 g/mol. The van der Waals surface area contributed by atoms with Crippen LogP contribution in [0.5, 0.6) is 0 Å². The lowest BCUT2D eigenvalue weighted by molar-refractivity contribution is -0.269. The van der Waals surface area contributed by atoms with Crippen LogP contribution in [0.4, 0.5) is 17.6 Å². The highest BCUT2D eigenvalue weighted by molar-refractivity contribution is 6.48. The predicted octanol–water partition coefficient (Wildman–Crippen LogP) is 6.64. The summed E-state index contributed by atoms with van der Waals surface area (Å²) in [5, 5.41) is -0.373. The van der Waals surface area contributed by atoms with E-state index >= 15 is 4.39 Å². The molecule has 1 amide bonds. The van der Waals surface area contributed by atoms with E-state index in [4.69, 9.17) is 39.6 Å². The summed E-state index contributed by atoms with van der Waals surface area (Å²) in [6.45, 7) is 3.35. The Morgan fingerprint density at radius 2 is 1.62 bits per heavy atom. The number of nitrogens with zero attached hydrogens (tertiary/aromatic N) is 1. The van der Waals surface area contributed by atoms with Crippen LogP contribution in [0.1, 0.15) is 30.5 Å². The fourth-order valence-corrected chi connectivity index (χ4v) is 4.56. The van der Waals surface area contributed by atoms with E-state index in [1.807, 2.05) is 0 Å². The summed E-state index contributed by atoms with van der Waals surface area (Å²) < 4.78 is 57.7. The van der Waals surface area contributed by atoms with Crippen molar-refractivity contribution in [1.29, 1.82) is 0 Å². The van der Waals surface area contributed by atoms with Crippen LogP contribution in [0.3, 0.4) is 0 Å². The topological polar surface area (TPSA) is 41.6 Å². The molecule has 1 saturated heterocycles. The van der Waals surface area contributed by atoms with Crippen molar-refractivity contribution in [3.63, 3.8) is 0 Å². The summed E-state index contributed by atoms with van der Waals surface area (Å²) in [5.41, 5.74) is -1.90. The summed E-state index contributed by atoms with van der Waals surface area (Å²) in [5.74, 6) is -0.361. The fourth-order valence-electron chi connectivity index (χ4n) is 3.97. The van der Waals surface area contributed by atoms with Gasteiger partial charge in [0.1, 0.15) is 0 Å². The third-order valence-corrected chi connectivity index (χ3v) is 7.10. The average Bonchev–Trinajstić information content (AvgIpc) is 3.21. The maximum atomic E-state index is 15.2. The van der Waals surface area contributed by atoms with Gasteiger partial charge in [-0.05, 0) is 29.3 Å². The van der Waals surface area contributed by atoms with Crippen molar-refractivity contribution in [1.82, 2.24) is 10.4 Å².